The van der Waals surface area contributed by atoms with Crippen molar-refractivity contribution in [3.05, 3.63) is 543 Å². The summed E-state index contributed by atoms with van der Waals surface area (Å²) in [7, 11) is 0. The van der Waals surface area contributed by atoms with Crippen molar-refractivity contribution in [2.75, 3.05) is 0 Å². The number of hydrogen-bond donors (Lipinski definition) is 0. The molecule has 0 radical (unpaired) electrons. The summed E-state index contributed by atoms with van der Waals surface area (Å²) in [5.74, 6) is 0. The molecule has 0 N–H and O–H groups in total. The van der Waals surface area contributed by atoms with Gasteiger partial charge in [0.1, 0.15) is 0 Å². The molecule has 24 rings (SSSR count). The van der Waals surface area contributed by atoms with E-state index in [1.807, 2.05) is 0 Å². The number of fused-ring (bicyclic) bond motifs is 9. The molecule has 0 saturated heterocycles. The fraction of sp³-hybridized carbons (Fsp3) is 0.100. The van der Waals surface area contributed by atoms with Crippen LogP contribution in [-0.4, -0.2) is 0 Å². The molecule has 0 unspecified atom stereocenters. The molecule has 0 heterocycles. The minimum Gasteiger partial charge on any atom is -0.0653 e. The van der Waals surface area contributed by atoms with Gasteiger partial charge in [0, 0.05) is 21.7 Å². The SMILES string of the molecule is CCC[C@@]12c3ccc(-c4c(-c5ccccc5)c(-c5ccccc5)c(-c5ccccc5)c(-c5ccccc5)c4-c4ccccc4)cc3[C@@]3(CCC)c4ccc(-c5c(-c6ccccc6)c(-c6ccccc6)c(-c6ccccc6)c(-c6ccccc6)c5-c5ccccc5)cc4[C@@](CCC)(c4ccc(-c5c(-c6ccccc6)c(-c6ccccc6)c(-c6ccccc6)c(-c6ccccc6)c5-c5ccccc5)cc41)C23C. The van der Waals surface area contributed by atoms with Crippen molar-refractivity contribution < 1.29 is 0 Å². The van der Waals surface area contributed by atoms with Gasteiger partial charge < -0.3 is 0 Å². The van der Waals surface area contributed by atoms with E-state index in [0.717, 1.165) is 122 Å². The lowest BCUT2D eigenvalue weighted by atomic mass is 9.48. The Balaban J connectivity index is 0.906. The molecule has 3 aliphatic rings. The summed E-state index contributed by atoms with van der Waals surface area (Å²) in [6, 6.07) is 195. The summed E-state index contributed by atoms with van der Waals surface area (Å²) in [6.07, 6.45) is 5.46. The van der Waals surface area contributed by atoms with E-state index in [1.165, 1.54) is 150 Å². The van der Waals surface area contributed by atoms with Crippen molar-refractivity contribution in [2.45, 2.75) is 82.5 Å². The van der Waals surface area contributed by atoms with Crippen LogP contribution in [0.15, 0.2) is 510 Å². The van der Waals surface area contributed by atoms with Crippen molar-refractivity contribution in [3.63, 3.8) is 0 Å². The maximum Gasteiger partial charge on any atom is 0.0286 e. The quantitative estimate of drug-likeness (QED) is 0.0566. The smallest absolute Gasteiger partial charge is 0.0286 e. The lowest BCUT2D eigenvalue weighted by Crippen LogP contribution is -2.54. The average molecular weight is 1790 g/mol. The third-order valence-electron chi connectivity index (χ3n) is 31.6. The predicted octanol–water partition coefficient (Wildman–Crippen LogP) is 38.3. The van der Waals surface area contributed by atoms with Gasteiger partial charge in [0.15, 0.2) is 0 Å². The van der Waals surface area contributed by atoms with Crippen molar-refractivity contribution in [3.8, 4) is 200 Å². The highest BCUT2D eigenvalue weighted by molar-refractivity contribution is 6.19. The summed E-state index contributed by atoms with van der Waals surface area (Å²) in [5, 5.41) is 0. The van der Waals surface area contributed by atoms with Gasteiger partial charge in [0.25, 0.3) is 0 Å². The lowest BCUT2D eigenvalue weighted by Gasteiger charge is -2.53. The van der Waals surface area contributed by atoms with Crippen LogP contribution in [0.1, 0.15) is 99.6 Å². The van der Waals surface area contributed by atoms with E-state index in [9.17, 15) is 0 Å². The molecular formula is C140H108. The zero-order chi connectivity index (χ0) is 93.9. The van der Waals surface area contributed by atoms with Crippen LogP contribution in [0.3, 0.4) is 0 Å². The normalized spacial score (nSPS) is 16.3. The van der Waals surface area contributed by atoms with Crippen LogP contribution in [0, 0.1) is 5.41 Å². The molecule has 0 spiro atoms. The fourth-order valence-electron chi connectivity index (χ4n) is 26.6. The Morgan fingerprint density at radius 1 is 0.121 bits per heavy atom. The standard InChI is InChI=1S/C140H108/c1-5-89-138-113-86-83-111(135-130(106-75-45-19-46-76-106)124(100-63-33-13-34-64-100)120(96-55-25-9-26-56-96)125(101-65-35-14-36-66-101)131(135)107-77-47-20-48-78-107)93-117(113)140(91-7-3)115-88-85-112(136-132(108-79-49-21-50-80-108)126(102-67-37-15-38-68-102)121(97-57-27-10-28-58-97)127(103-69-39-16-40-70-103)133(136)109-81-51-22-52-82-109)94-118(115)139(90-6-2,137(138,140)4)114-87-84-110(92-116(114)138)134-128(104-71-41-17-42-72-104)122(98-59-29-11-30-60-98)119(95-53-23-8-24-54-95)123(99-61-31-12-32-62-99)129(134)105-73-43-18-44-74-105/h8-88,92-94H,5-7,89-91H2,1-4H3/t137?,138-,139-,140-/m1/s1. The first-order valence-electron chi connectivity index (χ1n) is 50.3. The zero-order valence-electron chi connectivity index (χ0n) is 79.7. The number of benzene rings is 21. The van der Waals surface area contributed by atoms with Crippen molar-refractivity contribution >= 4 is 0 Å². The second-order valence-electron chi connectivity index (χ2n) is 38.6. The van der Waals surface area contributed by atoms with Crippen LogP contribution in [-0.2, 0) is 16.2 Å². The van der Waals surface area contributed by atoms with Gasteiger partial charge in [-0.05, 0) is 271 Å². The Labute approximate surface area is 825 Å². The van der Waals surface area contributed by atoms with Gasteiger partial charge in [-0.3, -0.25) is 0 Å². The Hall–Kier alpha value is -16.4. The monoisotopic (exact) mass is 1790 g/mol. The van der Waals surface area contributed by atoms with Crippen molar-refractivity contribution in [1.82, 2.24) is 0 Å². The molecule has 0 amide bonds. The lowest BCUT2D eigenvalue weighted by molar-refractivity contribution is 0.0540. The molecule has 3 aliphatic carbocycles. The first kappa shape index (κ1) is 86.5. The molecule has 668 valence electrons. The van der Waals surface area contributed by atoms with Crippen LogP contribution in [0.4, 0.5) is 0 Å². The van der Waals surface area contributed by atoms with Crippen molar-refractivity contribution in [1.29, 1.82) is 0 Å². The Morgan fingerprint density at radius 3 is 0.336 bits per heavy atom. The van der Waals surface area contributed by atoms with Crippen LogP contribution >= 0.6 is 0 Å². The molecule has 0 heteroatoms. The van der Waals surface area contributed by atoms with Gasteiger partial charge in [-0.2, -0.15) is 0 Å². The maximum absolute atomic E-state index is 2.88. The third-order valence-corrected chi connectivity index (χ3v) is 31.6. The average Bonchev–Trinajstić information content (AvgIpc) is 1.42. The Bertz CT molecular complexity index is 7050. The van der Waals surface area contributed by atoms with Crippen LogP contribution < -0.4 is 0 Å². The van der Waals surface area contributed by atoms with Crippen molar-refractivity contribution in [2.24, 2.45) is 5.41 Å². The topological polar surface area (TPSA) is 0 Å². The van der Waals surface area contributed by atoms with Crippen LogP contribution in [0.5, 0.6) is 0 Å². The Kier molecular flexibility index (Phi) is 22.4. The number of rotatable bonds is 24. The molecule has 0 aliphatic heterocycles. The zero-order valence-corrected chi connectivity index (χ0v) is 79.7. The fourth-order valence-corrected chi connectivity index (χ4v) is 26.6. The predicted molar refractivity (Wildman–Crippen MR) is 592 cm³/mol. The van der Waals surface area contributed by atoms with E-state index >= 15 is 0 Å². The highest BCUT2D eigenvalue weighted by atomic mass is 14.8. The molecule has 0 saturated carbocycles. The highest BCUT2D eigenvalue weighted by Gasteiger charge is 2.82. The van der Waals surface area contributed by atoms with Gasteiger partial charge in [0.05, 0.1) is 0 Å². The van der Waals surface area contributed by atoms with E-state index < -0.39 is 21.7 Å². The summed E-state index contributed by atoms with van der Waals surface area (Å²) >= 11 is 0. The molecule has 21 aromatic rings. The molecule has 0 fully saturated rings. The van der Waals surface area contributed by atoms with Gasteiger partial charge in [-0.1, -0.05) is 538 Å². The number of hydrogen-bond acceptors (Lipinski definition) is 0. The second-order valence-corrected chi connectivity index (χ2v) is 38.6. The first-order valence-corrected chi connectivity index (χ1v) is 50.3. The molecule has 0 aromatic heterocycles. The van der Waals surface area contributed by atoms with E-state index in [1.54, 1.807) is 0 Å². The molecule has 3 atom stereocenters. The molecule has 140 heavy (non-hydrogen) atoms. The maximum atomic E-state index is 2.88. The van der Waals surface area contributed by atoms with E-state index in [4.69, 9.17) is 0 Å². The van der Waals surface area contributed by atoms with Gasteiger partial charge in [-0.25, -0.2) is 0 Å². The van der Waals surface area contributed by atoms with Crippen LogP contribution in [0.2, 0.25) is 0 Å². The molecule has 21 aromatic carbocycles. The first-order chi connectivity index (χ1) is 69.3. The molecule has 0 bridgehead atoms. The van der Waals surface area contributed by atoms with Gasteiger partial charge in [-0.15, -0.1) is 0 Å². The van der Waals surface area contributed by atoms with Crippen LogP contribution in [0.25, 0.3) is 200 Å². The summed E-state index contributed by atoms with van der Waals surface area (Å²) in [4.78, 5) is 0. The van der Waals surface area contributed by atoms with E-state index in [0.29, 0.717) is 0 Å². The summed E-state index contributed by atoms with van der Waals surface area (Å²) in [6.45, 7) is 10.4. The summed E-state index contributed by atoms with van der Waals surface area (Å²) < 4.78 is 0. The minimum absolute atomic E-state index is 0.595. The second kappa shape index (κ2) is 36.3. The van der Waals surface area contributed by atoms with E-state index in [2.05, 4.69) is 537 Å². The largest absolute Gasteiger partial charge is 0.0653 e. The highest BCUT2D eigenvalue weighted by Crippen LogP contribution is 2.86. The van der Waals surface area contributed by atoms with E-state index in [-0.39, 0.29) is 0 Å². The Morgan fingerprint density at radius 2 is 0.229 bits per heavy atom. The molecular weight excluding hydrogens is 1680 g/mol. The summed E-state index contributed by atoms with van der Waals surface area (Å²) in [5.41, 5.74) is 48.8. The third kappa shape index (κ3) is 13.5. The minimum atomic E-state index is -0.645. The van der Waals surface area contributed by atoms with Gasteiger partial charge in [0.2, 0.25) is 0 Å². The van der Waals surface area contributed by atoms with Gasteiger partial charge >= 0.3 is 0 Å². The molecule has 0 nitrogen and oxygen atoms in total.